The maximum absolute atomic E-state index is 14.3. The summed E-state index contributed by atoms with van der Waals surface area (Å²) in [6, 6.07) is 4.99. The van der Waals surface area contributed by atoms with Gasteiger partial charge in [-0.3, -0.25) is 10.1 Å². The minimum atomic E-state index is -0.710. The third kappa shape index (κ3) is 2.29. The summed E-state index contributed by atoms with van der Waals surface area (Å²) >= 11 is 0. The van der Waals surface area contributed by atoms with Gasteiger partial charge in [0.25, 0.3) is 5.91 Å². The summed E-state index contributed by atoms with van der Waals surface area (Å²) in [6.45, 7) is 0. The van der Waals surface area contributed by atoms with Crippen LogP contribution in [0.15, 0.2) is 36.7 Å². The van der Waals surface area contributed by atoms with Gasteiger partial charge in [-0.15, -0.1) is 0 Å². The topological polar surface area (TPSA) is 72.7 Å². The van der Waals surface area contributed by atoms with Gasteiger partial charge in [0.15, 0.2) is 11.5 Å². The number of nitrogens with one attached hydrogen (secondary N) is 1. The number of nitrogens with zero attached hydrogens (tertiary/aromatic N) is 4. The highest BCUT2D eigenvalue weighted by Gasteiger charge is 2.50. The number of carbonyl (C=O) groups excluding carboxylic acids is 1. The first kappa shape index (κ1) is 15.1. The molecule has 0 spiro atoms. The molecule has 5 rings (SSSR count). The Morgan fingerprint density at radius 3 is 2.81 bits per heavy atom. The molecular weight excluding hydrogens is 340 g/mol. The number of benzene rings is 1. The Balaban J connectivity index is 1.58. The fraction of sp³-hybridized carbons (Fsp3) is 0.222. The van der Waals surface area contributed by atoms with Gasteiger partial charge in [-0.1, -0.05) is 0 Å². The molecule has 0 unspecified atom stereocenters. The molecule has 0 bridgehead atoms. The number of aromatic nitrogens is 4. The van der Waals surface area contributed by atoms with Crippen LogP contribution in [0.4, 0.5) is 14.7 Å². The Bertz CT molecular complexity index is 1030. The van der Waals surface area contributed by atoms with Crippen LogP contribution >= 0.6 is 0 Å². The van der Waals surface area contributed by atoms with Crippen molar-refractivity contribution in [2.24, 2.45) is 5.92 Å². The second kappa shape index (κ2) is 5.42. The first-order valence-corrected chi connectivity index (χ1v) is 8.27. The molecule has 2 heterocycles. The van der Waals surface area contributed by atoms with Crippen molar-refractivity contribution < 1.29 is 13.6 Å². The van der Waals surface area contributed by atoms with Crippen LogP contribution in [0.25, 0.3) is 5.69 Å². The number of fused-ring (bicyclic) bond motifs is 3. The van der Waals surface area contributed by atoms with E-state index in [9.17, 15) is 13.6 Å². The standard InChI is InChI=1S/C18H13F2N5O/c19-10-2-3-14(13(20)8-10)25-16-11-6-9(11)7-12(16)15(24-25)17(26)23-18-21-4-1-5-22-18/h1-5,8-9,11H,6-7H2,(H,21,22,23,26)/t9-,11-/m1/s1. The van der Waals surface area contributed by atoms with Gasteiger partial charge in [0.05, 0.1) is 5.69 Å². The summed E-state index contributed by atoms with van der Waals surface area (Å²) in [7, 11) is 0. The van der Waals surface area contributed by atoms with E-state index in [-0.39, 0.29) is 23.2 Å². The molecule has 130 valence electrons. The van der Waals surface area contributed by atoms with Crippen LogP contribution in [0.5, 0.6) is 0 Å². The Labute approximate surface area is 146 Å². The van der Waals surface area contributed by atoms with E-state index >= 15 is 0 Å². The van der Waals surface area contributed by atoms with Crippen molar-refractivity contribution in [3.8, 4) is 5.69 Å². The molecule has 1 N–H and O–H groups in total. The Hall–Kier alpha value is -3.16. The van der Waals surface area contributed by atoms with Gasteiger partial charge in [-0.25, -0.2) is 23.4 Å². The monoisotopic (exact) mass is 353 g/mol. The summed E-state index contributed by atoms with van der Waals surface area (Å²) in [5.74, 6) is -0.878. The van der Waals surface area contributed by atoms with E-state index in [4.69, 9.17) is 0 Å². The predicted molar refractivity (Wildman–Crippen MR) is 88.0 cm³/mol. The highest BCUT2D eigenvalue weighted by atomic mass is 19.1. The molecule has 8 heteroatoms. The average Bonchev–Trinajstić information content (AvgIpc) is 3.12. The van der Waals surface area contributed by atoms with Gasteiger partial charge in [-0.05, 0) is 37.0 Å². The molecule has 1 fully saturated rings. The SMILES string of the molecule is O=C(Nc1ncccn1)c1nn(-c2ccc(F)cc2F)c2c1C[C@H]1C[C@@H]21. The summed E-state index contributed by atoms with van der Waals surface area (Å²) < 4.78 is 29.0. The quantitative estimate of drug-likeness (QED) is 0.786. The van der Waals surface area contributed by atoms with E-state index in [1.165, 1.54) is 29.2 Å². The molecule has 0 saturated heterocycles. The summed E-state index contributed by atoms with van der Waals surface area (Å²) in [4.78, 5) is 20.6. The number of hydrogen-bond donors (Lipinski definition) is 1. The summed E-state index contributed by atoms with van der Waals surface area (Å²) in [5, 5.41) is 6.97. The zero-order valence-corrected chi connectivity index (χ0v) is 13.5. The minimum Gasteiger partial charge on any atom is -0.289 e. The lowest BCUT2D eigenvalue weighted by molar-refractivity contribution is 0.102. The Morgan fingerprint density at radius 1 is 1.23 bits per heavy atom. The van der Waals surface area contributed by atoms with Crippen LogP contribution in [0, 0.1) is 17.6 Å². The van der Waals surface area contributed by atoms with Crippen LogP contribution < -0.4 is 5.32 Å². The molecule has 2 aliphatic carbocycles. The molecule has 26 heavy (non-hydrogen) atoms. The maximum atomic E-state index is 14.3. The lowest BCUT2D eigenvalue weighted by Gasteiger charge is -2.07. The molecule has 3 aromatic rings. The minimum absolute atomic E-state index is 0.144. The number of hydrogen-bond acceptors (Lipinski definition) is 4. The number of halogens is 2. The lowest BCUT2D eigenvalue weighted by Crippen LogP contribution is -2.16. The zero-order chi connectivity index (χ0) is 17.8. The number of anilines is 1. The first-order valence-electron chi connectivity index (χ1n) is 8.27. The molecule has 1 aromatic carbocycles. The van der Waals surface area contributed by atoms with Gasteiger partial charge < -0.3 is 0 Å². The normalized spacial score (nSPS) is 19.8. The molecule has 6 nitrogen and oxygen atoms in total. The molecule has 2 aromatic heterocycles. The molecule has 2 aliphatic rings. The van der Waals surface area contributed by atoms with Crippen molar-refractivity contribution in [1.29, 1.82) is 0 Å². The second-order valence-corrected chi connectivity index (χ2v) is 6.55. The predicted octanol–water partition coefficient (Wildman–Crippen LogP) is 2.85. The lowest BCUT2D eigenvalue weighted by atomic mass is 10.1. The van der Waals surface area contributed by atoms with Gasteiger partial charge >= 0.3 is 0 Å². The van der Waals surface area contributed by atoms with Crippen molar-refractivity contribution in [2.45, 2.75) is 18.8 Å². The second-order valence-electron chi connectivity index (χ2n) is 6.55. The van der Waals surface area contributed by atoms with Crippen molar-refractivity contribution >= 4 is 11.9 Å². The van der Waals surface area contributed by atoms with Crippen molar-refractivity contribution in [3.05, 3.63) is 65.2 Å². The van der Waals surface area contributed by atoms with Crippen LogP contribution in [-0.4, -0.2) is 25.7 Å². The van der Waals surface area contributed by atoms with E-state index in [2.05, 4.69) is 20.4 Å². The first-order chi connectivity index (χ1) is 12.6. The zero-order valence-electron chi connectivity index (χ0n) is 13.5. The van der Waals surface area contributed by atoms with Gasteiger partial charge in [0.1, 0.15) is 11.5 Å². The molecule has 1 amide bonds. The van der Waals surface area contributed by atoms with Crippen LogP contribution in [0.2, 0.25) is 0 Å². The fourth-order valence-electron chi connectivity index (χ4n) is 3.66. The Kier molecular flexibility index (Phi) is 3.15. The van der Waals surface area contributed by atoms with Crippen LogP contribution in [0.1, 0.15) is 34.1 Å². The number of amides is 1. The summed E-state index contributed by atoms with van der Waals surface area (Å²) in [6.07, 6.45) is 4.79. The molecular formula is C18H13F2N5O. The smallest absolute Gasteiger partial charge is 0.278 e. The van der Waals surface area contributed by atoms with Gasteiger partial charge in [0, 0.05) is 29.9 Å². The van der Waals surface area contributed by atoms with Crippen LogP contribution in [0.3, 0.4) is 0 Å². The van der Waals surface area contributed by atoms with Crippen molar-refractivity contribution in [2.75, 3.05) is 5.32 Å². The number of carbonyl (C=O) groups is 1. The Morgan fingerprint density at radius 2 is 2.04 bits per heavy atom. The van der Waals surface area contributed by atoms with E-state index in [1.54, 1.807) is 6.07 Å². The van der Waals surface area contributed by atoms with Crippen LogP contribution in [-0.2, 0) is 6.42 Å². The maximum Gasteiger partial charge on any atom is 0.278 e. The van der Waals surface area contributed by atoms with E-state index in [1.807, 2.05) is 0 Å². The fourth-order valence-corrected chi connectivity index (χ4v) is 3.66. The van der Waals surface area contributed by atoms with E-state index in [0.29, 0.717) is 5.92 Å². The number of rotatable bonds is 3. The molecule has 0 aliphatic heterocycles. The van der Waals surface area contributed by atoms with E-state index in [0.717, 1.165) is 30.2 Å². The third-order valence-electron chi connectivity index (χ3n) is 4.91. The van der Waals surface area contributed by atoms with Crippen molar-refractivity contribution in [1.82, 2.24) is 19.7 Å². The molecule has 0 radical (unpaired) electrons. The molecule has 1 saturated carbocycles. The highest BCUT2D eigenvalue weighted by molar-refractivity contribution is 6.03. The largest absolute Gasteiger partial charge is 0.289 e. The average molecular weight is 353 g/mol. The highest BCUT2D eigenvalue weighted by Crippen LogP contribution is 2.57. The van der Waals surface area contributed by atoms with E-state index < -0.39 is 17.5 Å². The summed E-state index contributed by atoms with van der Waals surface area (Å²) in [5.41, 5.74) is 2.05. The molecule has 2 atom stereocenters. The van der Waals surface area contributed by atoms with Crippen molar-refractivity contribution in [3.63, 3.8) is 0 Å². The van der Waals surface area contributed by atoms with Gasteiger partial charge in [-0.2, -0.15) is 5.10 Å². The van der Waals surface area contributed by atoms with Gasteiger partial charge in [0.2, 0.25) is 5.95 Å². The third-order valence-corrected chi connectivity index (χ3v) is 4.91.